The van der Waals surface area contributed by atoms with Gasteiger partial charge in [0.25, 0.3) is 0 Å². The Kier molecular flexibility index (Phi) is 3.60. The zero-order chi connectivity index (χ0) is 16.5. The lowest BCUT2D eigenvalue weighted by atomic mass is 10.1. The number of aromatic nitrogens is 5. The second-order valence-corrected chi connectivity index (χ2v) is 5.81. The highest BCUT2D eigenvalue weighted by Crippen LogP contribution is 2.34. The summed E-state index contributed by atoms with van der Waals surface area (Å²) >= 11 is 0. The monoisotopic (exact) mass is 322 g/mol. The van der Waals surface area contributed by atoms with E-state index >= 15 is 0 Å². The Morgan fingerprint density at radius 3 is 2.79 bits per heavy atom. The summed E-state index contributed by atoms with van der Waals surface area (Å²) in [6.07, 6.45) is 1.83. The predicted molar refractivity (Wildman–Crippen MR) is 90.4 cm³/mol. The molecule has 0 fully saturated rings. The average molecular weight is 322 g/mol. The molecule has 1 aliphatic rings. The van der Waals surface area contributed by atoms with Crippen molar-refractivity contribution in [3.05, 3.63) is 41.3 Å². The number of hydrogen-bond donors (Lipinski definition) is 2. The van der Waals surface area contributed by atoms with Crippen LogP contribution in [0.2, 0.25) is 0 Å². The summed E-state index contributed by atoms with van der Waals surface area (Å²) < 4.78 is 5.80. The molecule has 0 unspecified atom stereocenters. The number of aromatic amines is 1. The maximum Gasteiger partial charge on any atom is 0.247 e. The van der Waals surface area contributed by atoms with E-state index in [1.807, 2.05) is 25.1 Å². The maximum atomic E-state index is 5.80. The number of benzene rings is 1. The van der Waals surface area contributed by atoms with Gasteiger partial charge < -0.3 is 10.1 Å². The normalized spacial score (nSPS) is 13.2. The van der Waals surface area contributed by atoms with Crippen molar-refractivity contribution >= 4 is 11.8 Å². The number of nitrogens with zero attached hydrogens (tertiary/aromatic N) is 4. The molecule has 0 atom stereocenters. The molecule has 7 heteroatoms. The van der Waals surface area contributed by atoms with Crippen molar-refractivity contribution in [2.45, 2.75) is 26.7 Å². The van der Waals surface area contributed by atoms with Crippen molar-refractivity contribution in [2.24, 2.45) is 0 Å². The van der Waals surface area contributed by atoms with Crippen LogP contribution in [0.1, 0.15) is 23.5 Å². The van der Waals surface area contributed by atoms with Gasteiger partial charge in [0.15, 0.2) is 17.4 Å². The van der Waals surface area contributed by atoms with Crippen molar-refractivity contribution in [1.82, 2.24) is 25.1 Å². The first kappa shape index (κ1) is 14.6. The van der Waals surface area contributed by atoms with Gasteiger partial charge in [-0.3, -0.25) is 5.10 Å². The molecule has 7 nitrogen and oxygen atoms in total. The second-order valence-electron chi connectivity index (χ2n) is 5.81. The van der Waals surface area contributed by atoms with Crippen LogP contribution in [-0.4, -0.2) is 31.8 Å². The molecule has 1 aliphatic heterocycles. The van der Waals surface area contributed by atoms with E-state index in [0.717, 1.165) is 35.5 Å². The number of anilines is 2. The van der Waals surface area contributed by atoms with E-state index in [1.54, 1.807) is 0 Å². The molecule has 0 amide bonds. The summed E-state index contributed by atoms with van der Waals surface area (Å²) in [5.74, 6) is 3.20. The van der Waals surface area contributed by atoms with Gasteiger partial charge in [0.2, 0.25) is 5.95 Å². The number of rotatable bonds is 3. The van der Waals surface area contributed by atoms with Crippen LogP contribution >= 0.6 is 0 Å². The van der Waals surface area contributed by atoms with Crippen LogP contribution < -0.4 is 10.1 Å². The zero-order valence-corrected chi connectivity index (χ0v) is 13.6. The Hall–Kier alpha value is -2.96. The van der Waals surface area contributed by atoms with E-state index in [4.69, 9.17) is 9.72 Å². The van der Waals surface area contributed by atoms with E-state index in [0.29, 0.717) is 29.9 Å². The van der Waals surface area contributed by atoms with Gasteiger partial charge in [-0.1, -0.05) is 24.3 Å². The van der Waals surface area contributed by atoms with Gasteiger partial charge in [-0.15, -0.1) is 5.10 Å². The van der Waals surface area contributed by atoms with Crippen LogP contribution in [0, 0.1) is 13.8 Å². The zero-order valence-electron chi connectivity index (χ0n) is 13.6. The molecule has 24 heavy (non-hydrogen) atoms. The van der Waals surface area contributed by atoms with Gasteiger partial charge in [-0.05, 0) is 32.3 Å². The molecule has 2 aromatic heterocycles. The number of ether oxygens (including phenoxy) is 1. The minimum atomic E-state index is 0.471. The Balaban J connectivity index is 1.82. The number of fused-ring (bicyclic) bond motifs is 1. The van der Waals surface area contributed by atoms with Crippen LogP contribution in [0.5, 0.6) is 5.75 Å². The minimum Gasteiger partial charge on any atom is -0.488 e. The van der Waals surface area contributed by atoms with Gasteiger partial charge in [0.1, 0.15) is 5.82 Å². The maximum absolute atomic E-state index is 5.80. The van der Waals surface area contributed by atoms with E-state index in [1.165, 1.54) is 0 Å². The fourth-order valence-electron chi connectivity index (χ4n) is 2.77. The second kappa shape index (κ2) is 5.92. The molecule has 0 bridgehead atoms. The van der Waals surface area contributed by atoms with Crippen LogP contribution in [-0.2, 0) is 6.42 Å². The molecule has 3 heterocycles. The van der Waals surface area contributed by atoms with Crippen molar-refractivity contribution in [1.29, 1.82) is 0 Å². The Labute approximate surface area is 139 Å². The summed E-state index contributed by atoms with van der Waals surface area (Å²) in [4.78, 5) is 13.7. The quantitative estimate of drug-likeness (QED) is 0.771. The van der Waals surface area contributed by atoms with E-state index < -0.39 is 0 Å². The summed E-state index contributed by atoms with van der Waals surface area (Å²) in [5, 5.41) is 10.1. The standard InChI is InChI=1S/C17H18N6O/c1-10-6-3-4-7-12(10)15-19-13-8-5-9-24-14(13)16(20-15)21-17-18-11(2)22-23-17/h3-4,6-7H,5,8-9H2,1-2H3,(H2,18,19,20,21,22,23). The Morgan fingerprint density at radius 1 is 1.12 bits per heavy atom. The lowest BCUT2D eigenvalue weighted by Gasteiger charge is -2.20. The molecule has 1 aromatic carbocycles. The third-order valence-corrected chi connectivity index (χ3v) is 3.95. The lowest BCUT2D eigenvalue weighted by Crippen LogP contribution is -2.14. The summed E-state index contributed by atoms with van der Waals surface area (Å²) in [5.41, 5.74) is 3.07. The molecule has 0 aliphatic carbocycles. The van der Waals surface area contributed by atoms with Gasteiger partial charge in [0.05, 0.1) is 12.3 Å². The van der Waals surface area contributed by atoms with Crippen molar-refractivity contribution < 1.29 is 4.74 Å². The first-order valence-corrected chi connectivity index (χ1v) is 7.96. The van der Waals surface area contributed by atoms with Crippen molar-refractivity contribution in [3.8, 4) is 17.1 Å². The fraction of sp³-hybridized carbons (Fsp3) is 0.294. The van der Waals surface area contributed by atoms with E-state index in [2.05, 4.69) is 38.5 Å². The molecule has 0 saturated carbocycles. The predicted octanol–water partition coefficient (Wildman–Crippen LogP) is 2.95. The number of H-pyrrole nitrogens is 1. The smallest absolute Gasteiger partial charge is 0.247 e. The lowest BCUT2D eigenvalue weighted by molar-refractivity contribution is 0.285. The largest absolute Gasteiger partial charge is 0.488 e. The molecule has 0 saturated heterocycles. The summed E-state index contributed by atoms with van der Waals surface area (Å²) in [6.45, 7) is 4.57. The molecule has 2 N–H and O–H groups in total. The highest BCUT2D eigenvalue weighted by atomic mass is 16.5. The van der Waals surface area contributed by atoms with Crippen LogP contribution in [0.25, 0.3) is 11.4 Å². The number of aryl methyl sites for hydroxylation is 3. The van der Waals surface area contributed by atoms with Crippen LogP contribution in [0.15, 0.2) is 24.3 Å². The molecule has 122 valence electrons. The highest BCUT2D eigenvalue weighted by molar-refractivity contribution is 5.67. The fourth-order valence-corrected chi connectivity index (χ4v) is 2.77. The van der Waals surface area contributed by atoms with Crippen LogP contribution in [0.4, 0.5) is 11.8 Å². The van der Waals surface area contributed by atoms with Gasteiger partial charge in [0, 0.05) is 5.56 Å². The summed E-state index contributed by atoms with van der Waals surface area (Å²) in [7, 11) is 0. The van der Waals surface area contributed by atoms with Gasteiger partial charge in [-0.2, -0.15) is 4.98 Å². The van der Waals surface area contributed by atoms with E-state index in [9.17, 15) is 0 Å². The Morgan fingerprint density at radius 2 is 2.00 bits per heavy atom. The molecule has 4 rings (SSSR count). The molecular weight excluding hydrogens is 304 g/mol. The minimum absolute atomic E-state index is 0.471. The third-order valence-electron chi connectivity index (χ3n) is 3.95. The number of hydrogen-bond acceptors (Lipinski definition) is 6. The van der Waals surface area contributed by atoms with Gasteiger partial charge in [-0.25, -0.2) is 9.97 Å². The SMILES string of the molecule is Cc1nc(Nc2nc(-c3ccccc3C)nc3c2OCCC3)n[nH]1. The molecule has 3 aromatic rings. The average Bonchev–Trinajstić information content (AvgIpc) is 3.00. The Bertz CT molecular complexity index is 889. The van der Waals surface area contributed by atoms with Crippen molar-refractivity contribution in [3.63, 3.8) is 0 Å². The van der Waals surface area contributed by atoms with Gasteiger partial charge >= 0.3 is 0 Å². The highest BCUT2D eigenvalue weighted by Gasteiger charge is 2.21. The van der Waals surface area contributed by atoms with E-state index in [-0.39, 0.29) is 0 Å². The number of nitrogens with one attached hydrogen (secondary N) is 2. The first-order valence-electron chi connectivity index (χ1n) is 7.96. The van der Waals surface area contributed by atoms with Crippen molar-refractivity contribution in [2.75, 3.05) is 11.9 Å². The third kappa shape index (κ3) is 2.68. The first-order chi connectivity index (χ1) is 11.7. The molecule has 0 spiro atoms. The molecular formula is C17H18N6O. The molecule has 0 radical (unpaired) electrons. The topological polar surface area (TPSA) is 88.6 Å². The summed E-state index contributed by atoms with van der Waals surface area (Å²) in [6, 6.07) is 8.09. The van der Waals surface area contributed by atoms with Crippen LogP contribution in [0.3, 0.4) is 0 Å².